The minimum atomic E-state index is 0. The van der Waals surface area contributed by atoms with Crippen molar-refractivity contribution in [2.24, 2.45) is 10.9 Å². The quantitative estimate of drug-likeness (QED) is 0.718. The molecule has 2 fully saturated rings. The Morgan fingerprint density at radius 2 is 1.53 bits per heavy atom. The summed E-state index contributed by atoms with van der Waals surface area (Å²) in [4.78, 5) is 4.52. The van der Waals surface area contributed by atoms with Crippen molar-refractivity contribution in [2.45, 2.75) is 19.9 Å². The molecule has 3 rings (SSSR count). The van der Waals surface area contributed by atoms with Crippen molar-refractivity contribution >= 4 is 5.90 Å². The van der Waals surface area contributed by atoms with Gasteiger partial charge in [0, 0.05) is 0 Å². The van der Waals surface area contributed by atoms with Crippen molar-refractivity contribution in [3.63, 3.8) is 0 Å². The fourth-order valence-corrected chi connectivity index (χ4v) is 1.73. The van der Waals surface area contributed by atoms with Gasteiger partial charge in [0.25, 0.3) is 0 Å². The first-order valence-electron chi connectivity index (χ1n) is 6.36. The Hall–Kier alpha value is -0.0105. The Morgan fingerprint density at radius 1 is 1.00 bits per heavy atom. The van der Waals surface area contributed by atoms with Crippen LogP contribution in [0.3, 0.4) is 0 Å². The summed E-state index contributed by atoms with van der Waals surface area (Å²) < 4.78 is 5.52. The van der Waals surface area contributed by atoms with Gasteiger partial charge in [0.15, 0.2) is 5.90 Å². The largest absolute Gasteiger partial charge is 2.00 e. The SMILES string of the molecule is CC(C)[C@H]1COC([C]2[CH][CH][CH][CH]2)=N1.[CH]1[CH][CH][CH][CH]1.[Fe+2]. The molecule has 0 saturated heterocycles. The Labute approximate surface area is 129 Å². The van der Waals surface area contributed by atoms with Crippen molar-refractivity contribution in [3.05, 3.63) is 63.7 Å². The second kappa shape index (κ2) is 9.02. The van der Waals surface area contributed by atoms with E-state index in [1.807, 2.05) is 57.8 Å². The first-order valence-corrected chi connectivity index (χ1v) is 6.36. The average molecular weight is 297 g/mol. The summed E-state index contributed by atoms with van der Waals surface area (Å²) in [5.41, 5.74) is 0. The predicted octanol–water partition coefficient (Wildman–Crippen LogP) is 2.86. The molecule has 1 atom stereocenters. The van der Waals surface area contributed by atoms with Crippen LogP contribution in [-0.2, 0) is 21.8 Å². The van der Waals surface area contributed by atoms with E-state index in [2.05, 4.69) is 18.8 Å². The van der Waals surface area contributed by atoms with Gasteiger partial charge in [-0.25, -0.2) is 4.99 Å². The molecule has 0 N–H and O–H groups in total. The Kier molecular flexibility index (Phi) is 8.09. The number of rotatable bonds is 2. The third-order valence-electron chi connectivity index (χ3n) is 2.91. The molecule has 10 radical (unpaired) electrons. The maximum Gasteiger partial charge on any atom is 2.00 e. The summed E-state index contributed by atoms with van der Waals surface area (Å²) in [6, 6.07) is 0.338. The van der Waals surface area contributed by atoms with Gasteiger partial charge in [-0.2, -0.15) is 0 Å². The molecule has 3 heteroatoms. The van der Waals surface area contributed by atoms with Gasteiger partial charge >= 0.3 is 17.1 Å². The summed E-state index contributed by atoms with van der Waals surface area (Å²) in [5.74, 6) is 2.47. The Balaban J connectivity index is 0.000000256. The Morgan fingerprint density at radius 3 is 1.95 bits per heavy atom. The molecular formula is C16H19FeNO+2. The molecule has 0 aromatic heterocycles. The minimum absolute atomic E-state index is 0. The van der Waals surface area contributed by atoms with Gasteiger partial charge < -0.3 is 4.74 Å². The summed E-state index contributed by atoms with van der Waals surface area (Å²) in [5, 5.41) is 0. The van der Waals surface area contributed by atoms with Gasteiger partial charge in [0.2, 0.25) is 0 Å². The van der Waals surface area contributed by atoms with E-state index in [9.17, 15) is 0 Å². The number of nitrogens with zero attached hydrogens (tertiary/aromatic N) is 1. The van der Waals surface area contributed by atoms with E-state index in [0.717, 1.165) is 18.4 Å². The number of hydrogen-bond acceptors (Lipinski definition) is 2. The molecule has 2 nitrogen and oxygen atoms in total. The van der Waals surface area contributed by atoms with Gasteiger partial charge in [-0.05, 0) is 63.7 Å². The maximum absolute atomic E-state index is 5.52. The summed E-state index contributed by atoms with van der Waals surface area (Å²) in [6.45, 7) is 5.08. The normalized spacial score (nSPS) is 26.5. The van der Waals surface area contributed by atoms with Crippen LogP contribution in [0.15, 0.2) is 4.99 Å². The molecule has 1 heterocycles. The molecular weight excluding hydrogens is 278 g/mol. The minimum Gasteiger partial charge on any atom is -0.478 e. The van der Waals surface area contributed by atoms with E-state index in [4.69, 9.17) is 4.74 Å². The van der Waals surface area contributed by atoms with Crippen LogP contribution in [0.25, 0.3) is 0 Å². The molecule has 100 valence electrons. The van der Waals surface area contributed by atoms with Crippen molar-refractivity contribution in [1.82, 2.24) is 0 Å². The van der Waals surface area contributed by atoms with Crippen molar-refractivity contribution < 1.29 is 21.8 Å². The molecule has 2 aliphatic carbocycles. The molecule has 0 amide bonds. The van der Waals surface area contributed by atoms with E-state index in [1.165, 1.54) is 0 Å². The van der Waals surface area contributed by atoms with Crippen LogP contribution in [0.2, 0.25) is 0 Å². The topological polar surface area (TPSA) is 21.6 Å². The van der Waals surface area contributed by atoms with Crippen LogP contribution in [0.5, 0.6) is 0 Å². The molecule has 19 heavy (non-hydrogen) atoms. The number of hydrogen-bond donors (Lipinski definition) is 0. The van der Waals surface area contributed by atoms with Gasteiger partial charge in [-0.15, -0.1) is 0 Å². The first-order chi connectivity index (χ1) is 8.77. The van der Waals surface area contributed by atoms with Crippen molar-refractivity contribution in [2.75, 3.05) is 6.61 Å². The third kappa shape index (κ3) is 5.47. The summed E-state index contributed by atoms with van der Waals surface area (Å²) >= 11 is 0. The van der Waals surface area contributed by atoms with E-state index >= 15 is 0 Å². The van der Waals surface area contributed by atoms with Crippen molar-refractivity contribution in [1.29, 1.82) is 0 Å². The van der Waals surface area contributed by atoms with Gasteiger partial charge in [0.05, 0.1) is 12.0 Å². The molecule has 0 aromatic carbocycles. The zero-order valence-corrected chi connectivity index (χ0v) is 12.4. The third-order valence-corrected chi connectivity index (χ3v) is 2.91. The maximum atomic E-state index is 5.52. The van der Waals surface area contributed by atoms with Gasteiger partial charge in [-0.3, -0.25) is 0 Å². The van der Waals surface area contributed by atoms with Crippen molar-refractivity contribution in [3.8, 4) is 0 Å². The average Bonchev–Trinajstić information content (AvgIpc) is 3.14. The standard InChI is InChI=1S/C11H14NO.C5H5.Fe/c1-8(2)10-7-13-11(12-10)9-5-3-4-6-9;1-2-4-5-3-1;/h3-6,8,10H,7H2,1-2H3;1-5H;/q;;+2/t10-;;/m1../s1. The number of ether oxygens (including phenoxy) is 1. The van der Waals surface area contributed by atoms with Gasteiger partial charge in [0.1, 0.15) is 6.61 Å². The van der Waals surface area contributed by atoms with E-state index < -0.39 is 0 Å². The van der Waals surface area contributed by atoms with Crippen LogP contribution < -0.4 is 0 Å². The summed E-state index contributed by atoms with van der Waals surface area (Å²) in [7, 11) is 0. The molecule has 0 bridgehead atoms. The van der Waals surface area contributed by atoms with E-state index in [0.29, 0.717) is 12.0 Å². The second-order valence-corrected chi connectivity index (χ2v) is 4.69. The molecule has 0 spiro atoms. The predicted molar refractivity (Wildman–Crippen MR) is 74.0 cm³/mol. The van der Waals surface area contributed by atoms with Crippen LogP contribution in [0, 0.1) is 69.6 Å². The molecule has 1 aliphatic heterocycles. The van der Waals surface area contributed by atoms with Crippen LogP contribution in [0.4, 0.5) is 0 Å². The van der Waals surface area contributed by atoms with Crippen LogP contribution in [-0.4, -0.2) is 18.5 Å². The zero-order chi connectivity index (χ0) is 12.8. The monoisotopic (exact) mass is 297 g/mol. The molecule has 2 saturated carbocycles. The first kappa shape index (κ1) is 17.0. The zero-order valence-electron chi connectivity index (χ0n) is 11.3. The van der Waals surface area contributed by atoms with Crippen LogP contribution in [0.1, 0.15) is 13.8 Å². The molecule has 0 unspecified atom stereocenters. The van der Waals surface area contributed by atoms with E-state index in [1.54, 1.807) is 0 Å². The van der Waals surface area contributed by atoms with Crippen LogP contribution >= 0.6 is 0 Å². The smallest absolute Gasteiger partial charge is 0.478 e. The molecule has 0 aromatic rings. The van der Waals surface area contributed by atoms with E-state index in [-0.39, 0.29) is 17.1 Å². The fourth-order valence-electron chi connectivity index (χ4n) is 1.73. The van der Waals surface area contributed by atoms with Gasteiger partial charge in [-0.1, -0.05) is 13.8 Å². The Bertz CT molecular complexity index is 260. The second-order valence-electron chi connectivity index (χ2n) is 4.69. The molecule has 3 aliphatic rings. The summed E-state index contributed by atoms with van der Waals surface area (Å²) in [6.07, 6.45) is 18.1. The fraction of sp³-hybridized carbons (Fsp3) is 0.312. The number of aliphatic imine (C=N–C) groups is 1.